The molecule has 0 spiro atoms. The Morgan fingerprint density at radius 3 is 2.53 bits per heavy atom. The van der Waals surface area contributed by atoms with Gasteiger partial charge in [-0.05, 0) is 51.0 Å². The van der Waals surface area contributed by atoms with Crippen LogP contribution in [-0.2, 0) is 22.5 Å². The molecule has 0 unspecified atom stereocenters. The number of aryl methyl sites for hydroxylation is 2. The topological polar surface area (TPSA) is 90.3 Å². The molecule has 3 aromatic rings. The fourth-order valence-electron chi connectivity index (χ4n) is 3.08. The van der Waals surface area contributed by atoms with E-state index >= 15 is 0 Å². The first-order valence-corrected chi connectivity index (χ1v) is 11.2. The van der Waals surface area contributed by atoms with Gasteiger partial charge in [0.15, 0.2) is 0 Å². The molecule has 0 aliphatic carbocycles. The summed E-state index contributed by atoms with van der Waals surface area (Å²) in [6, 6.07) is 6.96. The van der Waals surface area contributed by atoms with Gasteiger partial charge in [-0.2, -0.15) is 5.10 Å². The Morgan fingerprint density at radius 2 is 1.90 bits per heavy atom. The fraction of sp³-hybridized carbons (Fsp3) is 0.333. The molecule has 0 saturated carbocycles. The van der Waals surface area contributed by atoms with Gasteiger partial charge in [0.05, 0.1) is 17.0 Å². The second kappa shape index (κ2) is 9.36. The van der Waals surface area contributed by atoms with Crippen LogP contribution in [-0.4, -0.2) is 28.3 Å². The predicted molar refractivity (Wildman–Crippen MR) is 120 cm³/mol. The van der Waals surface area contributed by atoms with Crippen LogP contribution in [0.1, 0.15) is 39.5 Å². The van der Waals surface area contributed by atoms with Crippen molar-refractivity contribution in [2.24, 2.45) is 0 Å². The third kappa shape index (κ3) is 4.68. The minimum absolute atomic E-state index is 0.249. The standard InChI is InChI=1S/C21H23N3O4S2/c1-5-14-13(4)30-20(19(14)21(27)28-6-2)22-17(25)11-24-18(26)10-8-15(23-24)16-9-7-12(3)29-16/h7-10H,5-6,11H2,1-4H3,(H,22,25). The summed E-state index contributed by atoms with van der Waals surface area (Å²) in [6.45, 7) is 7.58. The molecule has 7 nitrogen and oxygen atoms in total. The smallest absolute Gasteiger partial charge is 0.341 e. The van der Waals surface area contributed by atoms with Gasteiger partial charge in [-0.1, -0.05) is 6.92 Å². The lowest BCUT2D eigenvalue weighted by Gasteiger charge is -2.09. The Kier molecular flexibility index (Phi) is 6.84. The Morgan fingerprint density at radius 1 is 1.13 bits per heavy atom. The summed E-state index contributed by atoms with van der Waals surface area (Å²) >= 11 is 2.89. The number of carbonyl (C=O) groups excluding carboxylic acids is 2. The lowest BCUT2D eigenvalue weighted by molar-refractivity contribution is -0.116. The van der Waals surface area contributed by atoms with E-state index in [1.54, 1.807) is 24.3 Å². The van der Waals surface area contributed by atoms with E-state index in [-0.39, 0.29) is 18.7 Å². The van der Waals surface area contributed by atoms with Crippen molar-refractivity contribution in [1.82, 2.24) is 9.78 Å². The van der Waals surface area contributed by atoms with Gasteiger partial charge >= 0.3 is 5.97 Å². The molecule has 1 N–H and O–H groups in total. The van der Waals surface area contributed by atoms with Crippen LogP contribution < -0.4 is 10.9 Å². The zero-order chi connectivity index (χ0) is 21.8. The van der Waals surface area contributed by atoms with Crippen molar-refractivity contribution >= 4 is 39.6 Å². The molecule has 0 saturated heterocycles. The average molecular weight is 446 g/mol. The Labute approximate surface area is 182 Å². The number of nitrogens with one attached hydrogen (secondary N) is 1. The molecule has 0 radical (unpaired) electrons. The van der Waals surface area contributed by atoms with Crippen molar-refractivity contribution in [3.05, 3.63) is 55.5 Å². The number of amides is 1. The minimum atomic E-state index is -0.459. The molecule has 0 aromatic carbocycles. The molecule has 3 aromatic heterocycles. The van der Waals surface area contributed by atoms with Crippen LogP contribution in [0.15, 0.2) is 29.1 Å². The SMILES string of the molecule is CCOC(=O)c1c(NC(=O)Cn2nc(-c3ccc(C)s3)ccc2=O)sc(C)c1CC. The fourth-order valence-corrected chi connectivity index (χ4v) is 5.06. The van der Waals surface area contributed by atoms with Crippen LogP contribution in [0.5, 0.6) is 0 Å². The molecule has 0 aliphatic rings. The first-order valence-electron chi connectivity index (χ1n) is 9.58. The molecular weight excluding hydrogens is 422 g/mol. The number of esters is 1. The largest absolute Gasteiger partial charge is 0.462 e. The van der Waals surface area contributed by atoms with Crippen LogP contribution in [0.3, 0.4) is 0 Å². The van der Waals surface area contributed by atoms with E-state index in [1.165, 1.54) is 17.4 Å². The molecule has 1 amide bonds. The molecule has 3 rings (SSSR count). The highest BCUT2D eigenvalue weighted by atomic mass is 32.1. The summed E-state index contributed by atoms with van der Waals surface area (Å²) in [6.07, 6.45) is 0.648. The van der Waals surface area contributed by atoms with E-state index in [0.29, 0.717) is 22.7 Å². The number of hydrogen-bond donors (Lipinski definition) is 1. The van der Waals surface area contributed by atoms with Gasteiger partial charge in [0, 0.05) is 15.8 Å². The Balaban J connectivity index is 1.84. The number of carbonyl (C=O) groups is 2. The minimum Gasteiger partial charge on any atom is -0.462 e. The van der Waals surface area contributed by atoms with Gasteiger partial charge in [-0.25, -0.2) is 9.48 Å². The first kappa shape index (κ1) is 21.9. The van der Waals surface area contributed by atoms with Crippen LogP contribution in [0.25, 0.3) is 10.6 Å². The third-order valence-electron chi connectivity index (χ3n) is 4.45. The van der Waals surface area contributed by atoms with Crippen molar-refractivity contribution in [2.75, 3.05) is 11.9 Å². The van der Waals surface area contributed by atoms with Crippen molar-refractivity contribution in [1.29, 1.82) is 0 Å². The van der Waals surface area contributed by atoms with E-state index in [2.05, 4.69) is 10.4 Å². The van der Waals surface area contributed by atoms with E-state index < -0.39 is 11.9 Å². The zero-order valence-corrected chi connectivity index (χ0v) is 18.9. The van der Waals surface area contributed by atoms with Crippen LogP contribution in [0.2, 0.25) is 0 Å². The number of rotatable bonds is 7. The number of anilines is 1. The average Bonchev–Trinajstić information content (AvgIpc) is 3.26. The Bertz CT molecular complexity index is 1140. The zero-order valence-electron chi connectivity index (χ0n) is 17.3. The molecule has 0 aliphatic heterocycles. The normalized spacial score (nSPS) is 10.8. The number of aromatic nitrogens is 2. The second-order valence-corrected chi connectivity index (χ2v) is 9.10. The highest BCUT2D eigenvalue weighted by molar-refractivity contribution is 7.17. The number of nitrogens with zero attached hydrogens (tertiary/aromatic N) is 2. The monoisotopic (exact) mass is 445 g/mol. The van der Waals surface area contributed by atoms with Gasteiger partial charge in [0.1, 0.15) is 17.2 Å². The van der Waals surface area contributed by atoms with E-state index in [4.69, 9.17) is 4.74 Å². The predicted octanol–water partition coefficient (Wildman–Crippen LogP) is 4.03. The molecule has 158 valence electrons. The van der Waals surface area contributed by atoms with Crippen LogP contribution in [0, 0.1) is 13.8 Å². The molecular formula is C21H23N3O4S2. The number of ether oxygens (including phenoxy) is 1. The number of thiophene rings is 2. The highest BCUT2D eigenvalue weighted by Gasteiger charge is 2.23. The molecule has 9 heteroatoms. The van der Waals surface area contributed by atoms with Crippen molar-refractivity contribution in [2.45, 2.75) is 40.7 Å². The van der Waals surface area contributed by atoms with Crippen LogP contribution >= 0.6 is 22.7 Å². The Hall–Kier alpha value is -2.78. The van der Waals surface area contributed by atoms with Gasteiger partial charge in [-0.3, -0.25) is 9.59 Å². The molecule has 0 bridgehead atoms. The summed E-state index contributed by atoms with van der Waals surface area (Å²) in [4.78, 5) is 40.3. The molecule has 30 heavy (non-hydrogen) atoms. The van der Waals surface area contributed by atoms with Crippen molar-refractivity contribution < 1.29 is 14.3 Å². The van der Waals surface area contributed by atoms with Gasteiger partial charge in [0.25, 0.3) is 5.56 Å². The summed E-state index contributed by atoms with van der Waals surface area (Å²) < 4.78 is 6.29. The first-order chi connectivity index (χ1) is 14.3. The number of hydrogen-bond acceptors (Lipinski definition) is 7. The summed E-state index contributed by atoms with van der Waals surface area (Å²) in [5.74, 6) is -0.891. The maximum Gasteiger partial charge on any atom is 0.341 e. The maximum atomic E-state index is 12.7. The quantitative estimate of drug-likeness (QED) is 0.555. The lowest BCUT2D eigenvalue weighted by atomic mass is 10.1. The van der Waals surface area contributed by atoms with E-state index in [1.807, 2.05) is 32.9 Å². The molecule has 3 heterocycles. The summed E-state index contributed by atoms with van der Waals surface area (Å²) in [5.41, 5.74) is 1.51. The van der Waals surface area contributed by atoms with Crippen molar-refractivity contribution in [3.8, 4) is 10.6 Å². The molecule has 0 fully saturated rings. The van der Waals surface area contributed by atoms with Crippen LogP contribution in [0.4, 0.5) is 5.00 Å². The molecule has 0 atom stereocenters. The van der Waals surface area contributed by atoms with Gasteiger partial charge in [0.2, 0.25) is 5.91 Å². The highest BCUT2D eigenvalue weighted by Crippen LogP contribution is 2.34. The van der Waals surface area contributed by atoms with Gasteiger partial charge < -0.3 is 10.1 Å². The van der Waals surface area contributed by atoms with E-state index in [0.717, 1.165) is 24.9 Å². The van der Waals surface area contributed by atoms with Crippen molar-refractivity contribution in [3.63, 3.8) is 0 Å². The lowest BCUT2D eigenvalue weighted by Crippen LogP contribution is -2.29. The summed E-state index contributed by atoms with van der Waals surface area (Å²) in [5, 5.41) is 7.53. The maximum absolute atomic E-state index is 12.7. The van der Waals surface area contributed by atoms with E-state index in [9.17, 15) is 14.4 Å². The second-order valence-electron chi connectivity index (χ2n) is 6.59. The van der Waals surface area contributed by atoms with Gasteiger partial charge in [-0.15, -0.1) is 22.7 Å². The summed E-state index contributed by atoms with van der Waals surface area (Å²) in [7, 11) is 0. The third-order valence-corrected chi connectivity index (χ3v) is 6.53.